The van der Waals surface area contributed by atoms with Gasteiger partial charge in [0.25, 0.3) is 0 Å². The van der Waals surface area contributed by atoms with E-state index in [1.165, 1.54) is 4.88 Å². The minimum Gasteiger partial charge on any atom is -0.507 e. The summed E-state index contributed by atoms with van der Waals surface area (Å²) in [4.78, 5) is 1.19. The Morgan fingerprint density at radius 3 is 2.64 bits per heavy atom. The minimum atomic E-state index is 0.278. The van der Waals surface area contributed by atoms with Gasteiger partial charge in [-0.15, -0.1) is 11.3 Å². The number of phenols is 1. The van der Waals surface area contributed by atoms with Crippen molar-refractivity contribution < 1.29 is 5.11 Å². The van der Waals surface area contributed by atoms with Crippen molar-refractivity contribution in [1.29, 1.82) is 0 Å². The maximum atomic E-state index is 9.68. The molecule has 1 aromatic heterocycles. The highest BCUT2D eigenvalue weighted by atomic mass is 32.1. The van der Waals surface area contributed by atoms with Gasteiger partial charge in [0.2, 0.25) is 0 Å². The number of rotatable bonds is 1. The number of aromatic hydroxyl groups is 1. The molecule has 0 radical (unpaired) electrons. The van der Waals surface area contributed by atoms with Crippen LogP contribution in [-0.4, -0.2) is 5.11 Å². The van der Waals surface area contributed by atoms with E-state index in [-0.39, 0.29) is 5.75 Å². The fraction of sp³-hybridized carbons (Fsp3) is 0.0909. The number of anilines is 1. The summed E-state index contributed by atoms with van der Waals surface area (Å²) >= 11 is 1.66. The van der Waals surface area contributed by atoms with E-state index in [1.54, 1.807) is 29.5 Å². The summed E-state index contributed by atoms with van der Waals surface area (Å²) in [7, 11) is 0. The van der Waals surface area contributed by atoms with Crippen molar-refractivity contribution in [3.05, 3.63) is 34.5 Å². The third-order valence-corrected chi connectivity index (χ3v) is 3.02. The Morgan fingerprint density at radius 1 is 1.21 bits per heavy atom. The monoisotopic (exact) mass is 205 g/mol. The van der Waals surface area contributed by atoms with Gasteiger partial charge in [-0.1, -0.05) is 0 Å². The molecule has 2 rings (SSSR count). The molecule has 3 heteroatoms. The molecule has 2 nitrogen and oxygen atoms in total. The minimum absolute atomic E-state index is 0.278. The SMILES string of the molecule is Cc1sccc1-c1cc(N)ccc1O. The fourth-order valence-electron chi connectivity index (χ4n) is 1.43. The number of phenolic OH excluding ortho intramolecular Hbond substituents is 1. The normalized spacial score (nSPS) is 10.4. The molecule has 0 amide bonds. The van der Waals surface area contributed by atoms with Gasteiger partial charge in [-0.3, -0.25) is 0 Å². The van der Waals surface area contributed by atoms with Crippen LogP contribution in [0.2, 0.25) is 0 Å². The average molecular weight is 205 g/mol. The highest BCUT2D eigenvalue weighted by Gasteiger charge is 2.07. The van der Waals surface area contributed by atoms with Crippen LogP contribution in [0.5, 0.6) is 5.75 Å². The van der Waals surface area contributed by atoms with Crippen molar-refractivity contribution in [3.63, 3.8) is 0 Å². The lowest BCUT2D eigenvalue weighted by Crippen LogP contribution is -1.86. The molecule has 0 aliphatic carbocycles. The first-order valence-electron chi connectivity index (χ1n) is 4.31. The molecule has 0 atom stereocenters. The Morgan fingerprint density at radius 2 is 2.00 bits per heavy atom. The van der Waals surface area contributed by atoms with Crippen LogP contribution in [0, 0.1) is 6.92 Å². The highest BCUT2D eigenvalue weighted by molar-refractivity contribution is 7.10. The Labute approximate surface area is 86.6 Å². The van der Waals surface area contributed by atoms with E-state index < -0.39 is 0 Å². The van der Waals surface area contributed by atoms with E-state index >= 15 is 0 Å². The second-order valence-electron chi connectivity index (χ2n) is 3.17. The number of benzene rings is 1. The van der Waals surface area contributed by atoms with Crippen LogP contribution in [0.3, 0.4) is 0 Å². The zero-order valence-electron chi connectivity index (χ0n) is 7.82. The third kappa shape index (κ3) is 1.46. The van der Waals surface area contributed by atoms with Gasteiger partial charge in [-0.05, 0) is 42.1 Å². The maximum absolute atomic E-state index is 9.68. The van der Waals surface area contributed by atoms with Crippen LogP contribution < -0.4 is 5.73 Å². The van der Waals surface area contributed by atoms with Crippen LogP contribution in [0.4, 0.5) is 5.69 Å². The average Bonchev–Trinajstić information content (AvgIpc) is 2.56. The third-order valence-electron chi connectivity index (χ3n) is 2.17. The molecule has 0 saturated heterocycles. The predicted octanol–water partition coefficient (Wildman–Crippen LogP) is 3.01. The molecule has 2 aromatic rings. The molecule has 1 heterocycles. The van der Waals surface area contributed by atoms with Crippen molar-refractivity contribution in [1.82, 2.24) is 0 Å². The molecule has 0 fully saturated rings. The summed E-state index contributed by atoms with van der Waals surface area (Å²) in [5.74, 6) is 0.278. The Bertz CT molecular complexity index is 462. The van der Waals surface area contributed by atoms with Gasteiger partial charge in [-0.25, -0.2) is 0 Å². The molecule has 0 spiro atoms. The molecular weight excluding hydrogens is 194 g/mol. The second-order valence-corrected chi connectivity index (χ2v) is 4.29. The first kappa shape index (κ1) is 9.09. The van der Waals surface area contributed by atoms with Gasteiger partial charge < -0.3 is 10.8 Å². The van der Waals surface area contributed by atoms with Crippen molar-refractivity contribution in [2.75, 3.05) is 5.73 Å². The fourth-order valence-corrected chi connectivity index (χ4v) is 2.15. The number of thiophene rings is 1. The molecule has 3 N–H and O–H groups in total. The van der Waals surface area contributed by atoms with E-state index in [1.807, 2.05) is 18.4 Å². The molecule has 0 bridgehead atoms. The van der Waals surface area contributed by atoms with Crippen LogP contribution in [-0.2, 0) is 0 Å². The zero-order chi connectivity index (χ0) is 10.1. The molecule has 1 aromatic carbocycles. The van der Waals surface area contributed by atoms with Gasteiger partial charge >= 0.3 is 0 Å². The number of hydrogen-bond acceptors (Lipinski definition) is 3. The molecule has 14 heavy (non-hydrogen) atoms. The van der Waals surface area contributed by atoms with E-state index in [4.69, 9.17) is 5.73 Å². The summed E-state index contributed by atoms with van der Waals surface area (Å²) in [5, 5.41) is 11.7. The largest absolute Gasteiger partial charge is 0.507 e. The topological polar surface area (TPSA) is 46.2 Å². The summed E-state index contributed by atoms with van der Waals surface area (Å²) in [5.41, 5.74) is 8.21. The first-order valence-corrected chi connectivity index (χ1v) is 5.19. The van der Waals surface area contributed by atoms with Gasteiger partial charge in [0.1, 0.15) is 5.75 Å². The van der Waals surface area contributed by atoms with E-state index in [0.29, 0.717) is 5.69 Å². The quantitative estimate of drug-likeness (QED) is 0.555. The molecule has 0 saturated carbocycles. The van der Waals surface area contributed by atoms with E-state index in [9.17, 15) is 5.11 Å². The second kappa shape index (κ2) is 3.35. The van der Waals surface area contributed by atoms with Crippen LogP contribution in [0.15, 0.2) is 29.6 Å². The van der Waals surface area contributed by atoms with Gasteiger partial charge in [0, 0.05) is 16.1 Å². The Kier molecular flexibility index (Phi) is 2.17. The number of nitrogens with two attached hydrogens (primary N) is 1. The Balaban J connectivity index is 2.62. The van der Waals surface area contributed by atoms with Gasteiger partial charge in [0.15, 0.2) is 0 Å². The molecule has 72 valence electrons. The summed E-state index contributed by atoms with van der Waals surface area (Å²) < 4.78 is 0. The number of hydrogen-bond donors (Lipinski definition) is 2. The predicted molar refractivity (Wildman–Crippen MR) is 60.6 cm³/mol. The first-order chi connectivity index (χ1) is 6.68. The van der Waals surface area contributed by atoms with Crippen LogP contribution >= 0.6 is 11.3 Å². The molecule has 0 aliphatic rings. The molecular formula is C11H11NOS. The zero-order valence-corrected chi connectivity index (χ0v) is 8.64. The van der Waals surface area contributed by atoms with E-state index in [2.05, 4.69) is 0 Å². The van der Waals surface area contributed by atoms with Gasteiger partial charge in [-0.2, -0.15) is 0 Å². The summed E-state index contributed by atoms with van der Waals surface area (Å²) in [6, 6.07) is 7.11. The summed E-state index contributed by atoms with van der Waals surface area (Å²) in [6.07, 6.45) is 0. The van der Waals surface area contributed by atoms with Gasteiger partial charge in [0.05, 0.1) is 0 Å². The Hall–Kier alpha value is -1.48. The van der Waals surface area contributed by atoms with Crippen molar-refractivity contribution >= 4 is 17.0 Å². The van der Waals surface area contributed by atoms with E-state index in [0.717, 1.165) is 11.1 Å². The molecule has 0 unspecified atom stereocenters. The smallest absolute Gasteiger partial charge is 0.123 e. The number of aryl methyl sites for hydroxylation is 1. The lowest BCUT2D eigenvalue weighted by Gasteiger charge is -2.04. The van der Waals surface area contributed by atoms with Crippen LogP contribution in [0.25, 0.3) is 11.1 Å². The lowest BCUT2D eigenvalue weighted by molar-refractivity contribution is 0.477. The highest BCUT2D eigenvalue weighted by Crippen LogP contribution is 2.35. The number of nitrogen functional groups attached to an aromatic ring is 1. The van der Waals surface area contributed by atoms with Crippen LogP contribution in [0.1, 0.15) is 4.88 Å². The standard InChI is InChI=1S/C11H11NOS/c1-7-9(4-5-14-7)10-6-8(12)2-3-11(10)13/h2-6,13H,12H2,1H3. The summed E-state index contributed by atoms with van der Waals surface area (Å²) in [6.45, 7) is 2.03. The van der Waals surface area contributed by atoms with Crippen molar-refractivity contribution in [2.24, 2.45) is 0 Å². The van der Waals surface area contributed by atoms with Crippen molar-refractivity contribution in [2.45, 2.75) is 6.92 Å². The maximum Gasteiger partial charge on any atom is 0.123 e. The van der Waals surface area contributed by atoms with Crippen molar-refractivity contribution in [3.8, 4) is 16.9 Å². The molecule has 0 aliphatic heterocycles. The lowest BCUT2D eigenvalue weighted by atomic mass is 10.1.